The molecular weight excluding hydrogens is 306 g/mol. The Kier molecular flexibility index (Phi) is 3.95. The van der Waals surface area contributed by atoms with E-state index in [9.17, 15) is 4.79 Å². The SMILES string of the molecule is C=C(C)C(=O)NC1(C2CCC(C)(C)CC2)C2CC3CC1CC(C)(C3)C2. The average Bonchev–Trinajstić information content (AvgIpc) is 2.49. The monoisotopic (exact) mass is 343 g/mol. The molecule has 2 nitrogen and oxygen atoms in total. The van der Waals surface area contributed by atoms with Gasteiger partial charge in [-0.05, 0) is 99.2 Å². The second-order valence-corrected chi connectivity index (χ2v) is 11.3. The molecule has 4 bridgehead atoms. The van der Waals surface area contributed by atoms with Crippen molar-refractivity contribution in [1.29, 1.82) is 0 Å². The highest BCUT2D eigenvalue weighted by Gasteiger charge is 2.63. The van der Waals surface area contributed by atoms with E-state index in [1.165, 1.54) is 57.8 Å². The molecule has 2 heteroatoms. The number of nitrogens with one attached hydrogen (secondary N) is 1. The van der Waals surface area contributed by atoms with E-state index in [4.69, 9.17) is 0 Å². The fourth-order valence-corrected chi connectivity index (χ4v) is 7.59. The van der Waals surface area contributed by atoms with Crippen LogP contribution in [0.15, 0.2) is 12.2 Å². The fourth-order valence-electron chi connectivity index (χ4n) is 7.59. The number of carbonyl (C=O) groups excluding carboxylic acids is 1. The van der Waals surface area contributed by atoms with E-state index < -0.39 is 0 Å². The molecule has 5 saturated carbocycles. The highest BCUT2D eigenvalue weighted by Crippen LogP contribution is 2.66. The first-order valence-corrected chi connectivity index (χ1v) is 10.6. The van der Waals surface area contributed by atoms with Crippen LogP contribution < -0.4 is 5.32 Å². The van der Waals surface area contributed by atoms with E-state index >= 15 is 0 Å². The topological polar surface area (TPSA) is 29.1 Å². The second kappa shape index (κ2) is 5.60. The van der Waals surface area contributed by atoms with Crippen molar-refractivity contribution in [1.82, 2.24) is 5.32 Å². The van der Waals surface area contributed by atoms with Gasteiger partial charge in [-0.3, -0.25) is 4.79 Å². The van der Waals surface area contributed by atoms with E-state index in [1.54, 1.807) is 0 Å². The predicted molar refractivity (Wildman–Crippen MR) is 103 cm³/mol. The minimum atomic E-state index is 0.0585. The molecule has 5 aliphatic rings. The summed E-state index contributed by atoms with van der Waals surface area (Å²) in [4.78, 5) is 12.8. The molecule has 0 radical (unpaired) electrons. The maximum absolute atomic E-state index is 12.8. The minimum Gasteiger partial charge on any atom is -0.346 e. The van der Waals surface area contributed by atoms with E-state index in [0.29, 0.717) is 34.2 Å². The van der Waals surface area contributed by atoms with Gasteiger partial charge in [0.15, 0.2) is 0 Å². The molecule has 2 atom stereocenters. The lowest BCUT2D eigenvalue weighted by molar-refractivity contribution is -0.155. The molecule has 25 heavy (non-hydrogen) atoms. The molecule has 0 aliphatic heterocycles. The number of rotatable bonds is 3. The van der Waals surface area contributed by atoms with Gasteiger partial charge in [0.05, 0.1) is 0 Å². The maximum Gasteiger partial charge on any atom is 0.246 e. The largest absolute Gasteiger partial charge is 0.346 e. The van der Waals surface area contributed by atoms with Crippen molar-refractivity contribution in [3.63, 3.8) is 0 Å². The van der Waals surface area contributed by atoms with Crippen LogP contribution in [0.5, 0.6) is 0 Å². The first kappa shape index (κ1) is 17.6. The van der Waals surface area contributed by atoms with Crippen LogP contribution in [-0.4, -0.2) is 11.4 Å². The zero-order chi connectivity index (χ0) is 18.0. The summed E-state index contributed by atoms with van der Waals surface area (Å²) < 4.78 is 0. The van der Waals surface area contributed by atoms with Gasteiger partial charge < -0.3 is 5.32 Å². The van der Waals surface area contributed by atoms with E-state index in [2.05, 4.69) is 32.7 Å². The van der Waals surface area contributed by atoms with E-state index in [0.717, 1.165) is 5.92 Å². The van der Waals surface area contributed by atoms with Gasteiger partial charge in [0.25, 0.3) is 0 Å². The molecule has 5 aliphatic carbocycles. The highest BCUT2D eigenvalue weighted by atomic mass is 16.1. The summed E-state index contributed by atoms with van der Waals surface area (Å²) >= 11 is 0. The van der Waals surface area contributed by atoms with Crippen LogP contribution in [0.25, 0.3) is 0 Å². The van der Waals surface area contributed by atoms with Crippen molar-refractivity contribution in [2.24, 2.45) is 34.5 Å². The van der Waals surface area contributed by atoms with Crippen LogP contribution in [0.3, 0.4) is 0 Å². The summed E-state index contributed by atoms with van der Waals surface area (Å²) in [5.74, 6) is 3.08. The first-order valence-electron chi connectivity index (χ1n) is 10.6. The van der Waals surface area contributed by atoms with E-state index in [1.807, 2.05) is 6.92 Å². The smallest absolute Gasteiger partial charge is 0.246 e. The lowest BCUT2D eigenvalue weighted by Gasteiger charge is -2.67. The third kappa shape index (κ3) is 2.79. The lowest BCUT2D eigenvalue weighted by atomic mass is 9.41. The molecule has 0 aromatic heterocycles. The van der Waals surface area contributed by atoms with Crippen LogP contribution >= 0.6 is 0 Å². The Labute approximate surface area is 154 Å². The van der Waals surface area contributed by atoms with Crippen molar-refractivity contribution in [2.75, 3.05) is 0 Å². The average molecular weight is 344 g/mol. The van der Waals surface area contributed by atoms with Gasteiger partial charge in [0, 0.05) is 11.1 Å². The molecule has 5 rings (SSSR count). The molecule has 5 fully saturated rings. The van der Waals surface area contributed by atoms with Crippen LogP contribution in [0, 0.1) is 34.5 Å². The number of amides is 1. The zero-order valence-corrected chi connectivity index (χ0v) is 16.8. The van der Waals surface area contributed by atoms with Crippen molar-refractivity contribution in [3.8, 4) is 0 Å². The Bertz CT molecular complexity index is 563. The summed E-state index contributed by atoms with van der Waals surface area (Å²) in [6, 6.07) is 0. The normalized spacial score (nSPS) is 45.4. The standard InChI is InChI=1S/C23H37NO/c1-15(2)20(25)24-23(17-6-8-21(3,4)9-7-17)18-10-16-11-19(23)14-22(5,12-16)13-18/h16-19H,1,6-14H2,2-5H3,(H,24,25). The highest BCUT2D eigenvalue weighted by molar-refractivity contribution is 5.92. The fraction of sp³-hybridized carbons (Fsp3) is 0.870. The predicted octanol–water partition coefficient (Wildman–Crippen LogP) is 5.48. The second-order valence-electron chi connectivity index (χ2n) is 11.3. The van der Waals surface area contributed by atoms with Crippen molar-refractivity contribution < 1.29 is 4.79 Å². The quantitative estimate of drug-likeness (QED) is 0.675. The Balaban J connectivity index is 1.68. The molecule has 140 valence electrons. The summed E-state index contributed by atoms with van der Waals surface area (Å²) in [5.41, 5.74) is 1.76. The van der Waals surface area contributed by atoms with Crippen molar-refractivity contribution in [2.45, 2.75) is 91.0 Å². The lowest BCUT2D eigenvalue weighted by Crippen LogP contribution is -2.71. The summed E-state index contributed by atoms with van der Waals surface area (Å²) in [5, 5.41) is 3.65. The Morgan fingerprint density at radius 1 is 0.960 bits per heavy atom. The zero-order valence-electron chi connectivity index (χ0n) is 16.8. The van der Waals surface area contributed by atoms with Crippen LogP contribution in [0.2, 0.25) is 0 Å². The molecule has 1 N–H and O–H groups in total. The Morgan fingerprint density at radius 3 is 2.00 bits per heavy atom. The number of hydrogen-bond acceptors (Lipinski definition) is 1. The summed E-state index contributed by atoms with van der Waals surface area (Å²) in [6.07, 6.45) is 12.0. The van der Waals surface area contributed by atoms with Crippen LogP contribution in [-0.2, 0) is 4.79 Å². The molecule has 0 aromatic carbocycles. The van der Waals surface area contributed by atoms with Crippen LogP contribution in [0.1, 0.15) is 85.5 Å². The van der Waals surface area contributed by atoms with Gasteiger partial charge in [-0.2, -0.15) is 0 Å². The van der Waals surface area contributed by atoms with Crippen LogP contribution in [0.4, 0.5) is 0 Å². The van der Waals surface area contributed by atoms with Gasteiger partial charge in [-0.25, -0.2) is 0 Å². The first-order chi connectivity index (χ1) is 11.6. The third-order valence-electron chi connectivity index (χ3n) is 8.58. The summed E-state index contributed by atoms with van der Waals surface area (Å²) in [6.45, 7) is 13.2. The number of carbonyl (C=O) groups is 1. The van der Waals surface area contributed by atoms with Gasteiger partial charge >= 0.3 is 0 Å². The van der Waals surface area contributed by atoms with Gasteiger partial charge in [-0.1, -0.05) is 27.4 Å². The molecule has 0 aromatic rings. The summed E-state index contributed by atoms with van der Waals surface area (Å²) in [7, 11) is 0. The molecule has 1 amide bonds. The van der Waals surface area contributed by atoms with Gasteiger partial charge in [0.1, 0.15) is 0 Å². The molecule has 0 spiro atoms. The Morgan fingerprint density at radius 2 is 1.52 bits per heavy atom. The van der Waals surface area contributed by atoms with Crippen molar-refractivity contribution in [3.05, 3.63) is 12.2 Å². The molecule has 0 heterocycles. The molecule has 2 unspecified atom stereocenters. The van der Waals surface area contributed by atoms with Gasteiger partial charge in [-0.15, -0.1) is 0 Å². The van der Waals surface area contributed by atoms with E-state index in [-0.39, 0.29) is 11.4 Å². The molecular formula is C23H37NO. The minimum absolute atomic E-state index is 0.0585. The Hall–Kier alpha value is -0.790. The van der Waals surface area contributed by atoms with Crippen molar-refractivity contribution >= 4 is 5.91 Å². The third-order valence-corrected chi connectivity index (χ3v) is 8.58. The maximum atomic E-state index is 12.8. The number of hydrogen-bond donors (Lipinski definition) is 1. The molecule has 0 saturated heterocycles. The van der Waals surface area contributed by atoms with Gasteiger partial charge in [0.2, 0.25) is 5.91 Å².